The Hall–Kier alpha value is -1.64. The first-order chi connectivity index (χ1) is 9.98. The number of rotatable bonds is 3. The molecule has 0 bridgehead atoms. The first kappa shape index (κ1) is 14.3. The third kappa shape index (κ3) is 2.74. The second-order valence-electron chi connectivity index (χ2n) is 7.09. The molecule has 1 aliphatic heterocycles. The van der Waals surface area contributed by atoms with Gasteiger partial charge in [-0.2, -0.15) is 0 Å². The van der Waals surface area contributed by atoms with Crippen LogP contribution in [0.1, 0.15) is 56.1 Å². The van der Waals surface area contributed by atoms with Gasteiger partial charge in [-0.3, -0.25) is 14.9 Å². The van der Waals surface area contributed by atoms with E-state index in [2.05, 4.69) is 18.3 Å². The maximum Gasteiger partial charge on any atom is 0.234 e. The highest BCUT2D eigenvalue weighted by Gasteiger charge is 2.47. The molecular weight excluding hydrogens is 262 g/mol. The smallest absolute Gasteiger partial charge is 0.234 e. The predicted octanol–water partition coefficient (Wildman–Crippen LogP) is 3.32. The molecule has 2 aliphatic rings. The first-order valence-electron chi connectivity index (χ1n) is 7.88. The zero-order valence-corrected chi connectivity index (χ0v) is 12.8. The second kappa shape index (κ2) is 5.28. The van der Waals surface area contributed by atoms with Crippen molar-refractivity contribution in [1.82, 2.24) is 5.32 Å². The van der Waals surface area contributed by atoms with Gasteiger partial charge in [-0.1, -0.05) is 56.0 Å². The van der Waals surface area contributed by atoms with Crippen LogP contribution in [-0.2, 0) is 9.59 Å². The van der Waals surface area contributed by atoms with Crippen molar-refractivity contribution in [2.75, 3.05) is 0 Å². The van der Waals surface area contributed by atoms with Crippen LogP contribution in [0.25, 0.3) is 0 Å². The minimum Gasteiger partial charge on any atom is -0.296 e. The molecule has 21 heavy (non-hydrogen) atoms. The molecule has 112 valence electrons. The largest absolute Gasteiger partial charge is 0.296 e. The molecule has 1 aromatic rings. The van der Waals surface area contributed by atoms with E-state index in [1.165, 1.54) is 19.3 Å². The summed E-state index contributed by atoms with van der Waals surface area (Å²) in [6.45, 7) is 4.16. The van der Waals surface area contributed by atoms with Crippen LogP contribution in [0, 0.1) is 18.3 Å². The Labute approximate surface area is 126 Å². The Morgan fingerprint density at radius 2 is 2.05 bits per heavy atom. The van der Waals surface area contributed by atoms with Gasteiger partial charge in [0, 0.05) is 6.42 Å². The Morgan fingerprint density at radius 3 is 2.67 bits per heavy atom. The number of hydrogen-bond donors (Lipinski definition) is 1. The zero-order valence-electron chi connectivity index (χ0n) is 12.8. The van der Waals surface area contributed by atoms with Gasteiger partial charge in [0.1, 0.15) is 0 Å². The van der Waals surface area contributed by atoms with Crippen molar-refractivity contribution in [3.63, 3.8) is 0 Å². The number of imide groups is 1. The number of hydrogen-bond acceptors (Lipinski definition) is 2. The molecule has 0 spiro atoms. The summed E-state index contributed by atoms with van der Waals surface area (Å²) >= 11 is 0. The van der Waals surface area contributed by atoms with Gasteiger partial charge in [-0.25, -0.2) is 0 Å². The van der Waals surface area contributed by atoms with E-state index in [0.717, 1.165) is 17.5 Å². The number of amides is 2. The monoisotopic (exact) mass is 285 g/mol. The van der Waals surface area contributed by atoms with Crippen LogP contribution >= 0.6 is 0 Å². The fourth-order valence-corrected chi connectivity index (χ4v) is 3.99. The minimum atomic E-state index is -0.252. The standard InChI is InChI=1S/C18H23NO2/c1-12-5-3-8-14(9-12)16-17(21)19-15(20)11-18(16,2)10-13-6-4-7-13/h3,5,8-9,13,16H,4,6-7,10-11H2,1-2H3,(H,19,20,21). The second-order valence-corrected chi connectivity index (χ2v) is 7.09. The summed E-state index contributed by atoms with van der Waals surface area (Å²) in [6, 6.07) is 8.14. The number of aryl methyl sites for hydroxylation is 1. The molecular formula is C18H23NO2. The summed E-state index contributed by atoms with van der Waals surface area (Å²) < 4.78 is 0. The Bertz CT molecular complexity index is 576. The van der Waals surface area contributed by atoms with Crippen LogP contribution in [0.15, 0.2) is 24.3 Å². The summed E-state index contributed by atoms with van der Waals surface area (Å²) in [5.74, 6) is 0.223. The molecule has 0 radical (unpaired) electrons. The normalized spacial score (nSPS) is 29.9. The van der Waals surface area contributed by atoms with Crippen LogP contribution in [0.3, 0.4) is 0 Å². The van der Waals surface area contributed by atoms with Crippen LogP contribution in [0.2, 0.25) is 0 Å². The van der Waals surface area contributed by atoms with E-state index in [9.17, 15) is 9.59 Å². The van der Waals surface area contributed by atoms with Gasteiger partial charge >= 0.3 is 0 Å². The molecule has 2 unspecified atom stereocenters. The lowest BCUT2D eigenvalue weighted by atomic mass is 9.62. The average molecular weight is 285 g/mol. The molecule has 1 heterocycles. The molecule has 1 saturated carbocycles. The topological polar surface area (TPSA) is 46.2 Å². The highest BCUT2D eigenvalue weighted by Crippen LogP contribution is 2.49. The molecule has 3 nitrogen and oxygen atoms in total. The lowest BCUT2D eigenvalue weighted by molar-refractivity contribution is -0.140. The molecule has 2 amide bonds. The summed E-state index contributed by atoms with van der Waals surface area (Å²) in [5.41, 5.74) is 1.95. The van der Waals surface area contributed by atoms with Crippen molar-refractivity contribution in [3.8, 4) is 0 Å². The Morgan fingerprint density at radius 1 is 1.29 bits per heavy atom. The minimum absolute atomic E-state index is 0.120. The van der Waals surface area contributed by atoms with Gasteiger partial charge in [0.2, 0.25) is 11.8 Å². The molecule has 3 rings (SSSR count). The summed E-state index contributed by atoms with van der Waals surface area (Å²) in [4.78, 5) is 24.4. The number of piperidine rings is 1. The number of benzene rings is 1. The van der Waals surface area contributed by atoms with E-state index >= 15 is 0 Å². The third-order valence-electron chi connectivity index (χ3n) is 5.14. The maximum absolute atomic E-state index is 12.5. The van der Waals surface area contributed by atoms with Gasteiger partial charge in [-0.05, 0) is 30.2 Å². The SMILES string of the molecule is Cc1cccc(C2C(=O)NC(=O)CC2(C)CC2CCC2)c1. The molecule has 0 aromatic heterocycles. The number of nitrogens with one attached hydrogen (secondary N) is 1. The van der Waals surface area contributed by atoms with Crippen LogP contribution < -0.4 is 5.32 Å². The quantitative estimate of drug-likeness (QED) is 0.866. The van der Waals surface area contributed by atoms with Crippen molar-refractivity contribution >= 4 is 11.8 Å². The number of carbonyl (C=O) groups is 2. The van der Waals surface area contributed by atoms with Crippen LogP contribution in [0.5, 0.6) is 0 Å². The maximum atomic E-state index is 12.5. The molecule has 1 aliphatic carbocycles. The van der Waals surface area contributed by atoms with Gasteiger partial charge in [-0.15, -0.1) is 0 Å². The van der Waals surface area contributed by atoms with Gasteiger partial charge < -0.3 is 0 Å². The molecule has 1 N–H and O–H groups in total. The Kier molecular flexibility index (Phi) is 3.60. The van der Waals surface area contributed by atoms with Crippen LogP contribution in [-0.4, -0.2) is 11.8 Å². The number of carbonyl (C=O) groups excluding carboxylic acids is 2. The van der Waals surface area contributed by atoms with E-state index in [0.29, 0.717) is 12.3 Å². The molecule has 2 fully saturated rings. The van der Waals surface area contributed by atoms with Crippen molar-refractivity contribution in [3.05, 3.63) is 35.4 Å². The lowest BCUT2D eigenvalue weighted by Gasteiger charge is -2.44. The highest BCUT2D eigenvalue weighted by molar-refractivity contribution is 6.02. The molecule has 1 saturated heterocycles. The summed E-state index contributed by atoms with van der Waals surface area (Å²) in [5, 5.41) is 2.53. The van der Waals surface area contributed by atoms with E-state index in [-0.39, 0.29) is 23.1 Å². The van der Waals surface area contributed by atoms with Gasteiger partial charge in [0.05, 0.1) is 5.92 Å². The third-order valence-corrected chi connectivity index (χ3v) is 5.14. The highest BCUT2D eigenvalue weighted by atomic mass is 16.2. The Balaban J connectivity index is 1.95. The average Bonchev–Trinajstić information content (AvgIpc) is 2.33. The van der Waals surface area contributed by atoms with Crippen molar-refractivity contribution in [2.24, 2.45) is 11.3 Å². The molecule has 2 atom stereocenters. The predicted molar refractivity (Wildman–Crippen MR) is 81.8 cm³/mol. The van der Waals surface area contributed by atoms with E-state index in [1.54, 1.807) is 0 Å². The fourth-order valence-electron chi connectivity index (χ4n) is 3.99. The first-order valence-corrected chi connectivity index (χ1v) is 7.88. The summed E-state index contributed by atoms with van der Waals surface area (Å²) in [6.07, 6.45) is 5.20. The van der Waals surface area contributed by atoms with Crippen molar-refractivity contribution in [1.29, 1.82) is 0 Å². The lowest BCUT2D eigenvalue weighted by Crippen LogP contribution is -2.50. The van der Waals surface area contributed by atoms with Crippen LogP contribution in [0.4, 0.5) is 0 Å². The van der Waals surface area contributed by atoms with Crippen molar-refractivity contribution in [2.45, 2.75) is 51.9 Å². The fraction of sp³-hybridized carbons (Fsp3) is 0.556. The van der Waals surface area contributed by atoms with Crippen molar-refractivity contribution < 1.29 is 9.59 Å². The zero-order chi connectivity index (χ0) is 15.0. The summed E-state index contributed by atoms with van der Waals surface area (Å²) in [7, 11) is 0. The van der Waals surface area contributed by atoms with Gasteiger partial charge in [0.25, 0.3) is 0 Å². The van der Waals surface area contributed by atoms with Gasteiger partial charge in [0.15, 0.2) is 0 Å². The van der Waals surface area contributed by atoms with E-state index in [1.807, 2.05) is 25.1 Å². The van der Waals surface area contributed by atoms with E-state index in [4.69, 9.17) is 0 Å². The molecule has 3 heteroatoms. The van der Waals surface area contributed by atoms with E-state index < -0.39 is 0 Å². The molecule has 1 aromatic carbocycles.